The van der Waals surface area contributed by atoms with Gasteiger partial charge in [0, 0.05) is 36.5 Å². The molecule has 4 heteroatoms. The van der Waals surface area contributed by atoms with Gasteiger partial charge in [-0.25, -0.2) is 0 Å². The van der Waals surface area contributed by atoms with Crippen LogP contribution in [-0.4, -0.2) is 35.6 Å². The summed E-state index contributed by atoms with van der Waals surface area (Å²) in [5, 5.41) is 0. The minimum atomic E-state index is 0.405. The highest BCUT2D eigenvalue weighted by Crippen LogP contribution is 2.24. The molecule has 1 aromatic rings. The molecule has 4 nitrogen and oxygen atoms in total. The van der Waals surface area contributed by atoms with Crippen LogP contribution in [0.3, 0.4) is 0 Å². The maximum absolute atomic E-state index is 6.00. The molecule has 1 aliphatic carbocycles. The van der Waals surface area contributed by atoms with E-state index in [0.29, 0.717) is 12.1 Å². The number of ether oxygens (including phenoxy) is 1. The average molecular weight is 277 g/mol. The molecule has 2 rings (SSSR count). The molecule has 0 radical (unpaired) electrons. The lowest BCUT2D eigenvalue weighted by molar-refractivity contribution is 0.147. The summed E-state index contributed by atoms with van der Waals surface area (Å²) in [7, 11) is 1.71. The van der Waals surface area contributed by atoms with Gasteiger partial charge in [0.15, 0.2) is 0 Å². The lowest BCUT2D eigenvalue weighted by Gasteiger charge is -2.35. The molecule has 0 bridgehead atoms. The fraction of sp³-hybridized carbons (Fsp3) is 0.688. The van der Waals surface area contributed by atoms with Crippen molar-refractivity contribution in [2.24, 2.45) is 5.73 Å². The summed E-state index contributed by atoms with van der Waals surface area (Å²) in [6.45, 7) is 6.19. The fourth-order valence-corrected chi connectivity index (χ4v) is 3.08. The predicted molar refractivity (Wildman–Crippen MR) is 81.8 cm³/mol. The Balaban J connectivity index is 2.04. The van der Waals surface area contributed by atoms with E-state index in [1.165, 1.54) is 12.8 Å². The van der Waals surface area contributed by atoms with Crippen molar-refractivity contribution < 1.29 is 4.74 Å². The number of pyridine rings is 1. The van der Waals surface area contributed by atoms with Crippen LogP contribution in [0.15, 0.2) is 12.1 Å². The van der Waals surface area contributed by atoms with E-state index >= 15 is 0 Å². The van der Waals surface area contributed by atoms with Gasteiger partial charge in [-0.3, -0.25) is 9.88 Å². The van der Waals surface area contributed by atoms with Crippen LogP contribution in [0.25, 0.3) is 0 Å². The SMILES string of the molecule is CCN(Cc1cc(OC)cc(C)n1)C1CCC(N)CC1. The minimum absolute atomic E-state index is 0.405. The fourth-order valence-electron chi connectivity index (χ4n) is 3.08. The summed E-state index contributed by atoms with van der Waals surface area (Å²) in [4.78, 5) is 7.15. The maximum atomic E-state index is 6.00. The molecule has 0 unspecified atom stereocenters. The molecule has 1 heterocycles. The largest absolute Gasteiger partial charge is 0.497 e. The number of aromatic nitrogens is 1. The molecule has 112 valence electrons. The number of nitrogens with two attached hydrogens (primary N) is 1. The Labute approximate surface area is 122 Å². The van der Waals surface area contributed by atoms with E-state index in [1.54, 1.807) is 7.11 Å². The Bertz CT molecular complexity index is 428. The molecule has 0 aliphatic heterocycles. The monoisotopic (exact) mass is 277 g/mol. The van der Waals surface area contributed by atoms with Gasteiger partial charge in [-0.05, 0) is 39.2 Å². The normalized spacial score (nSPS) is 23.1. The number of methoxy groups -OCH3 is 1. The quantitative estimate of drug-likeness (QED) is 0.898. The van der Waals surface area contributed by atoms with Gasteiger partial charge in [-0.1, -0.05) is 6.92 Å². The smallest absolute Gasteiger partial charge is 0.122 e. The molecule has 1 saturated carbocycles. The van der Waals surface area contributed by atoms with E-state index in [4.69, 9.17) is 10.5 Å². The number of nitrogens with zero attached hydrogens (tertiary/aromatic N) is 2. The number of hydrogen-bond donors (Lipinski definition) is 1. The molecular weight excluding hydrogens is 250 g/mol. The van der Waals surface area contributed by atoms with Crippen LogP contribution in [0.1, 0.15) is 44.0 Å². The third-order valence-electron chi connectivity index (χ3n) is 4.24. The summed E-state index contributed by atoms with van der Waals surface area (Å²) < 4.78 is 5.34. The van der Waals surface area contributed by atoms with Crippen molar-refractivity contribution in [1.82, 2.24) is 9.88 Å². The van der Waals surface area contributed by atoms with E-state index < -0.39 is 0 Å². The van der Waals surface area contributed by atoms with Gasteiger partial charge in [0.1, 0.15) is 5.75 Å². The highest BCUT2D eigenvalue weighted by molar-refractivity contribution is 5.26. The predicted octanol–water partition coefficient (Wildman–Crippen LogP) is 2.49. The van der Waals surface area contributed by atoms with Crippen LogP contribution in [0.4, 0.5) is 0 Å². The van der Waals surface area contributed by atoms with Crippen LogP contribution >= 0.6 is 0 Å². The Morgan fingerprint density at radius 1 is 1.30 bits per heavy atom. The molecule has 1 fully saturated rings. The van der Waals surface area contributed by atoms with Gasteiger partial charge in [0.05, 0.1) is 12.8 Å². The first-order chi connectivity index (χ1) is 9.62. The minimum Gasteiger partial charge on any atom is -0.497 e. The molecule has 0 amide bonds. The van der Waals surface area contributed by atoms with Gasteiger partial charge in [0.2, 0.25) is 0 Å². The lowest BCUT2D eigenvalue weighted by atomic mass is 9.90. The Hall–Kier alpha value is -1.13. The number of aryl methyl sites for hydroxylation is 1. The van der Waals surface area contributed by atoms with Crippen LogP contribution in [0.2, 0.25) is 0 Å². The third-order valence-corrected chi connectivity index (χ3v) is 4.24. The summed E-state index contributed by atoms with van der Waals surface area (Å²) >= 11 is 0. The van der Waals surface area contributed by atoms with Crippen molar-refractivity contribution in [3.05, 3.63) is 23.5 Å². The highest BCUT2D eigenvalue weighted by atomic mass is 16.5. The van der Waals surface area contributed by atoms with Crippen LogP contribution in [0, 0.1) is 6.92 Å². The van der Waals surface area contributed by atoms with E-state index in [9.17, 15) is 0 Å². The average Bonchev–Trinajstić information content (AvgIpc) is 2.45. The molecule has 1 aliphatic rings. The second-order valence-corrected chi connectivity index (χ2v) is 5.77. The second kappa shape index (κ2) is 7.04. The van der Waals surface area contributed by atoms with Gasteiger partial charge in [-0.2, -0.15) is 0 Å². The van der Waals surface area contributed by atoms with E-state index in [2.05, 4.69) is 16.8 Å². The van der Waals surface area contributed by atoms with Crippen LogP contribution in [-0.2, 0) is 6.54 Å². The van der Waals surface area contributed by atoms with Gasteiger partial charge in [-0.15, -0.1) is 0 Å². The molecular formula is C16H27N3O. The third kappa shape index (κ3) is 3.93. The molecule has 0 atom stereocenters. The Kier molecular flexibility index (Phi) is 5.38. The highest BCUT2D eigenvalue weighted by Gasteiger charge is 2.23. The lowest BCUT2D eigenvalue weighted by Crippen LogP contribution is -2.40. The number of hydrogen-bond acceptors (Lipinski definition) is 4. The maximum Gasteiger partial charge on any atom is 0.122 e. The van der Waals surface area contributed by atoms with Crippen molar-refractivity contribution in [3.8, 4) is 5.75 Å². The van der Waals surface area contributed by atoms with Crippen molar-refractivity contribution in [1.29, 1.82) is 0 Å². The van der Waals surface area contributed by atoms with Crippen LogP contribution < -0.4 is 10.5 Å². The summed E-state index contributed by atoms with van der Waals surface area (Å²) in [6.07, 6.45) is 4.70. The first kappa shape index (κ1) is 15.3. The number of rotatable bonds is 5. The van der Waals surface area contributed by atoms with Crippen molar-refractivity contribution >= 4 is 0 Å². The topological polar surface area (TPSA) is 51.4 Å². The van der Waals surface area contributed by atoms with Gasteiger partial charge < -0.3 is 10.5 Å². The first-order valence-electron chi connectivity index (χ1n) is 7.63. The molecule has 0 saturated heterocycles. The molecule has 0 aromatic carbocycles. The van der Waals surface area contributed by atoms with Gasteiger partial charge >= 0.3 is 0 Å². The van der Waals surface area contributed by atoms with Crippen LogP contribution in [0.5, 0.6) is 5.75 Å². The second-order valence-electron chi connectivity index (χ2n) is 5.77. The molecule has 1 aromatic heterocycles. The van der Waals surface area contributed by atoms with E-state index in [-0.39, 0.29) is 0 Å². The standard InChI is InChI=1S/C16H27N3O/c1-4-19(15-7-5-13(17)6-8-15)11-14-10-16(20-3)9-12(2)18-14/h9-10,13,15H,4-8,11,17H2,1-3H3. The van der Waals surface area contributed by atoms with Crippen molar-refractivity contribution in [2.45, 2.75) is 58.2 Å². The van der Waals surface area contributed by atoms with E-state index in [0.717, 1.165) is 43.1 Å². The molecule has 0 spiro atoms. The summed E-state index contributed by atoms with van der Waals surface area (Å²) in [5.41, 5.74) is 8.11. The summed E-state index contributed by atoms with van der Waals surface area (Å²) in [6, 6.07) is 5.07. The first-order valence-corrected chi connectivity index (χ1v) is 7.63. The van der Waals surface area contributed by atoms with E-state index in [1.807, 2.05) is 19.1 Å². The Morgan fingerprint density at radius 2 is 2.00 bits per heavy atom. The van der Waals surface area contributed by atoms with Crippen molar-refractivity contribution in [2.75, 3.05) is 13.7 Å². The van der Waals surface area contributed by atoms with Crippen molar-refractivity contribution in [3.63, 3.8) is 0 Å². The zero-order valence-corrected chi connectivity index (χ0v) is 12.9. The summed E-state index contributed by atoms with van der Waals surface area (Å²) in [5.74, 6) is 0.897. The molecule has 2 N–H and O–H groups in total. The Morgan fingerprint density at radius 3 is 2.60 bits per heavy atom. The zero-order chi connectivity index (χ0) is 14.5. The van der Waals surface area contributed by atoms with Gasteiger partial charge in [0.25, 0.3) is 0 Å². The molecule has 20 heavy (non-hydrogen) atoms. The zero-order valence-electron chi connectivity index (χ0n) is 12.9.